The Bertz CT molecular complexity index is 317. The van der Waals surface area contributed by atoms with Crippen molar-refractivity contribution in [1.82, 2.24) is 0 Å². The van der Waals surface area contributed by atoms with Gasteiger partial charge in [0.25, 0.3) is 0 Å². The third kappa shape index (κ3) is 3.02. The van der Waals surface area contributed by atoms with Crippen LogP contribution in [0.2, 0.25) is 0 Å². The molecule has 0 unspecified atom stereocenters. The predicted octanol–water partition coefficient (Wildman–Crippen LogP) is 4.35. The van der Waals surface area contributed by atoms with Crippen LogP contribution >= 0.6 is 0 Å². The van der Waals surface area contributed by atoms with Crippen molar-refractivity contribution in [1.29, 1.82) is 0 Å². The SMILES string of the molecule is CCCOC(F)=C(F)C(F)(F)C(F)(F)C(F)(F)F. The number of allylic oxidation sites excluding steroid dienone is 1. The minimum absolute atomic E-state index is 0.00192. The van der Waals surface area contributed by atoms with E-state index in [2.05, 4.69) is 4.74 Å². The van der Waals surface area contributed by atoms with Crippen LogP contribution in [0.5, 0.6) is 0 Å². The zero-order valence-corrected chi connectivity index (χ0v) is 8.72. The molecule has 0 aliphatic rings. The second-order valence-electron chi connectivity index (χ2n) is 3.08. The van der Waals surface area contributed by atoms with Crippen LogP contribution in [0.15, 0.2) is 11.8 Å². The first kappa shape index (κ1) is 16.9. The fourth-order valence-electron chi connectivity index (χ4n) is 0.694. The minimum atomic E-state index is -6.75. The Labute approximate surface area is 95.2 Å². The van der Waals surface area contributed by atoms with Crippen molar-refractivity contribution >= 4 is 0 Å². The van der Waals surface area contributed by atoms with Gasteiger partial charge in [0.2, 0.25) is 5.83 Å². The zero-order chi connectivity index (χ0) is 14.8. The van der Waals surface area contributed by atoms with Gasteiger partial charge in [0, 0.05) is 0 Å². The van der Waals surface area contributed by atoms with Crippen molar-refractivity contribution in [2.75, 3.05) is 6.61 Å². The first-order valence-corrected chi connectivity index (χ1v) is 4.40. The van der Waals surface area contributed by atoms with Gasteiger partial charge in [-0.1, -0.05) is 6.92 Å². The molecule has 0 spiro atoms. The Morgan fingerprint density at radius 1 is 0.944 bits per heavy atom. The highest BCUT2D eigenvalue weighted by Crippen LogP contribution is 2.50. The molecule has 0 aromatic carbocycles. The minimum Gasteiger partial charge on any atom is -0.469 e. The summed E-state index contributed by atoms with van der Waals surface area (Å²) in [4.78, 5) is 0. The van der Waals surface area contributed by atoms with Gasteiger partial charge in [-0.25, -0.2) is 0 Å². The summed E-state index contributed by atoms with van der Waals surface area (Å²) in [5.74, 6) is -16.7. The topological polar surface area (TPSA) is 9.23 Å². The van der Waals surface area contributed by atoms with Gasteiger partial charge in [0.05, 0.1) is 6.61 Å². The molecule has 0 N–H and O–H groups in total. The smallest absolute Gasteiger partial charge is 0.460 e. The molecule has 0 aromatic heterocycles. The van der Waals surface area contributed by atoms with Crippen LogP contribution in [0.25, 0.3) is 0 Å². The summed E-state index contributed by atoms with van der Waals surface area (Å²) in [5, 5.41) is 0. The first-order chi connectivity index (χ1) is 7.89. The van der Waals surface area contributed by atoms with E-state index in [1.807, 2.05) is 0 Å². The fourth-order valence-corrected chi connectivity index (χ4v) is 0.694. The molecule has 0 aromatic rings. The maximum absolute atomic E-state index is 12.6. The summed E-state index contributed by atoms with van der Waals surface area (Å²) in [6.07, 6.45) is -6.74. The molecule has 0 aliphatic carbocycles. The number of ether oxygens (including phenoxy) is 1. The third-order valence-corrected chi connectivity index (χ3v) is 1.63. The molecule has 0 aliphatic heterocycles. The second kappa shape index (κ2) is 5.27. The summed E-state index contributed by atoms with van der Waals surface area (Å²) >= 11 is 0. The number of rotatable bonds is 5. The Hall–Kier alpha value is -1.09. The molecule has 0 amide bonds. The number of alkyl halides is 7. The molecule has 0 heterocycles. The maximum atomic E-state index is 12.6. The quantitative estimate of drug-likeness (QED) is 0.540. The second-order valence-corrected chi connectivity index (χ2v) is 3.08. The molecule has 10 heteroatoms. The van der Waals surface area contributed by atoms with Gasteiger partial charge >= 0.3 is 24.0 Å². The van der Waals surface area contributed by atoms with Crippen molar-refractivity contribution in [2.45, 2.75) is 31.4 Å². The van der Waals surface area contributed by atoms with Crippen LogP contribution in [0, 0.1) is 0 Å². The van der Waals surface area contributed by atoms with Gasteiger partial charge in [-0.05, 0) is 6.42 Å². The fraction of sp³-hybridized carbons (Fsp3) is 0.750. The Morgan fingerprint density at radius 3 is 1.72 bits per heavy atom. The van der Waals surface area contributed by atoms with Crippen molar-refractivity contribution < 1.29 is 44.3 Å². The molecule has 18 heavy (non-hydrogen) atoms. The third-order valence-electron chi connectivity index (χ3n) is 1.63. The van der Waals surface area contributed by atoms with Crippen LogP contribution in [-0.2, 0) is 4.74 Å². The normalized spacial score (nSPS) is 15.4. The molecule has 0 rings (SSSR count). The number of hydrogen-bond acceptors (Lipinski definition) is 1. The van der Waals surface area contributed by atoms with Gasteiger partial charge in [0.15, 0.2) is 0 Å². The largest absolute Gasteiger partial charge is 0.469 e. The summed E-state index contributed by atoms with van der Waals surface area (Å²) < 4.78 is 113. The molecule has 0 fully saturated rings. The summed E-state index contributed by atoms with van der Waals surface area (Å²) in [7, 11) is 0. The van der Waals surface area contributed by atoms with Crippen molar-refractivity contribution in [2.24, 2.45) is 0 Å². The molecule has 0 saturated carbocycles. The predicted molar refractivity (Wildman–Crippen MR) is 41.4 cm³/mol. The van der Waals surface area contributed by atoms with Crippen LogP contribution < -0.4 is 0 Å². The lowest BCUT2D eigenvalue weighted by molar-refractivity contribution is -0.348. The number of halogens is 9. The summed E-state index contributed by atoms with van der Waals surface area (Å²) in [6, 6.07) is -2.80. The van der Waals surface area contributed by atoms with E-state index in [0.29, 0.717) is 0 Å². The van der Waals surface area contributed by atoms with E-state index < -0.39 is 36.5 Å². The van der Waals surface area contributed by atoms with Gasteiger partial charge < -0.3 is 4.74 Å². The highest BCUT2D eigenvalue weighted by atomic mass is 19.4. The van der Waals surface area contributed by atoms with Gasteiger partial charge in [-0.3, -0.25) is 0 Å². The van der Waals surface area contributed by atoms with Crippen molar-refractivity contribution in [3.8, 4) is 0 Å². The maximum Gasteiger partial charge on any atom is 0.460 e. The van der Waals surface area contributed by atoms with E-state index in [9.17, 15) is 39.5 Å². The lowest BCUT2D eigenvalue weighted by Crippen LogP contribution is -2.52. The number of hydrogen-bond donors (Lipinski definition) is 0. The lowest BCUT2D eigenvalue weighted by Gasteiger charge is -2.26. The molecular formula is C8H7F9O. The Balaban J connectivity index is 5.38. The summed E-state index contributed by atoms with van der Waals surface area (Å²) in [5.41, 5.74) is 0. The van der Waals surface area contributed by atoms with Crippen molar-refractivity contribution in [3.05, 3.63) is 11.8 Å². The molecular weight excluding hydrogens is 283 g/mol. The van der Waals surface area contributed by atoms with Gasteiger partial charge in [0.1, 0.15) is 0 Å². The monoisotopic (exact) mass is 290 g/mol. The Morgan fingerprint density at radius 2 is 1.39 bits per heavy atom. The molecule has 0 saturated heterocycles. The standard InChI is InChI=1S/C8H7F9O/c1-2-3-18-5(10)4(9)6(11,12)7(13,14)8(15,16)17/h2-3H2,1H3. The van der Waals surface area contributed by atoms with E-state index in [0.717, 1.165) is 0 Å². The first-order valence-electron chi connectivity index (χ1n) is 4.40. The van der Waals surface area contributed by atoms with Crippen LogP contribution in [0.1, 0.15) is 13.3 Å². The average molecular weight is 290 g/mol. The molecule has 0 atom stereocenters. The van der Waals surface area contributed by atoms with Crippen LogP contribution in [0.3, 0.4) is 0 Å². The average Bonchev–Trinajstić information content (AvgIpc) is 2.22. The van der Waals surface area contributed by atoms with E-state index in [4.69, 9.17) is 0 Å². The summed E-state index contributed by atoms with van der Waals surface area (Å²) in [6.45, 7) is 0.681. The highest BCUT2D eigenvalue weighted by Gasteiger charge is 2.75. The van der Waals surface area contributed by atoms with E-state index >= 15 is 0 Å². The Kier molecular flexibility index (Phi) is 4.95. The molecule has 0 radical (unpaired) electrons. The highest BCUT2D eigenvalue weighted by molar-refractivity contribution is 5.13. The zero-order valence-electron chi connectivity index (χ0n) is 8.72. The van der Waals surface area contributed by atoms with Crippen molar-refractivity contribution in [3.63, 3.8) is 0 Å². The molecule has 1 nitrogen and oxygen atoms in total. The lowest BCUT2D eigenvalue weighted by atomic mass is 10.1. The van der Waals surface area contributed by atoms with E-state index in [1.54, 1.807) is 0 Å². The molecule has 108 valence electrons. The van der Waals surface area contributed by atoms with Crippen LogP contribution in [0.4, 0.5) is 39.5 Å². The molecule has 0 bridgehead atoms. The van der Waals surface area contributed by atoms with Gasteiger partial charge in [-0.2, -0.15) is 39.5 Å². The van der Waals surface area contributed by atoms with Gasteiger partial charge in [-0.15, -0.1) is 0 Å². The van der Waals surface area contributed by atoms with E-state index in [-0.39, 0.29) is 6.42 Å². The van der Waals surface area contributed by atoms with E-state index in [1.165, 1.54) is 6.92 Å². The van der Waals surface area contributed by atoms with Crippen LogP contribution in [-0.4, -0.2) is 24.6 Å².